The Kier molecular flexibility index (Phi) is 1.93. The molecule has 1 atom stereocenters. The molecule has 16 heavy (non-hydrogen) atoms. The molecule has 1 aliphatic rings. The van der Waals surface area contributed by atoms with E-state index in [-0.39, 0.29) is 0 Å². The van der Waals surface area contributed by atoms with Gasteiger partial charge in [0.05, 0.1) is 6.20 Å². The third-order valence-electron chi connectivity index (χ3n) is 2.72. The lowest BCUT2D eigenvalue weighted by atomic mass is 10.1. The van der Waals surface area contributed by atoms with Gasteiger partial charge in [0.2, 0.25) is 0 Å². The molecular weight excluding hydrogens is 204 g/mol. The highest BCUT2D eigenvalue weighted by Crippen LogP contribution is 2.43. The van der Waals surface area contributed by atoms with Crippen molar-refractivity contribution in [1.29, 1.82) is 0 Å². The van der Waals surface area contributed by atoms with E-state index in [1.54, 1.807) is 6.20 Å². The Labute approximate surface area is 91.9 Å². The molecule has 0 saturated carbocycles. The van der Waals surface area contributed by atoms with Crippen LogP contribution in [0.1, 0.15) is 17.4 Å². The fraction of sp³-hybridized carbons (Fsp3) is 0.0833. The highest BCUT2D eigenvalue weighted by Gasteiger charge is 2.31. The third-order valence-corrected chi connectivity index (χ3v) is 2.72. The summed E-state index contributed by atoms with van der Waals surface area (Å²) in [4.78, 5) is 10.5. The van der Waals surface area contributed by atoms with Gasteiger partial charge in [-0.25, -0.2) is 0 Å². The molecule has 4 heteroatoms. The zero-order valence-electron chi connectivity index (χ0n) is 8.33. The number of nitrogens with zero attached hydrogens (tertiary/aromatic N) is 2. The minimum Gasteiger partial charge on any atom is -0.453 e. The zero-order chi connectivity index (χ0) is 11.0. The van der Waals surface area contributed by atoms with Gasteiger partial charge >= 0.3 is 0 Å². The predicted molar refractivity (Wildman–Crippen MR) is 56.5 cm³/mol. The van der Waals surface area contributed by atoms with E-state index in [1.807, 2.05) is 30.3 Å². The molecule has 1 aliphatic carbocycles. The molecule has 1 aromatic heterocycles. The Morgan fingerprint density at radius 3 is 2.94 bits per heavy atom. The summed E-state index contributed by atoms with van der Waals surface area (Å²) in [5.41, 5.74) is 3.71. The summed E-state index contributed by atoms with van der Waals surface area (Å²) in [6.45, 7) is 0.450. The van der Waals surface area contributed by atoms with Gasteiger partial charge in [-0.1, -0.05) is 24.3 Å². The molecule has 1 aromatic carbocycles. The van der Waals surface area contributed by atoms with Crippen molar-refractivity contribution >= 4 is 6.47 Å². The number of carbonyl (C=O) groups is 1. The summed E-state index contributed by atoms with van der Waals surface area (Å²) in [6, 6.07) is 9.68. The van der Waals surface area contributed by atoms with E-state index in [1.165, 1.54) is 0 Å². The van der Waals surface area contributed by atoms with Crippen LogP contribution in [0.25, 0.3) is 11.1 Å². The molecule has 4 nitrogen and oxygen atoms in total. The van der Waals surface area contributed by atoms with E-state index in [0.29, 0.717) is 12.2 Å². The van der Waals surface area contributed by atoms with Crippen LogP contribution in [-0.2, 0) is 9.53 Å². The van der Waals surface area contributed by atoms with Crippen LogP contribution in [0, 0.1) is 0 Å². The number of ether oxygens (including phenoxy) is 1. The van der Waals surface area contributed by atoms with Crippen molar-refractivity contribution in [1.82, 2.24) is 10.2 Å². The first-order chi connectivity index (χ1) is 7.92. The standard InChI is InChI=1S/C12H8N2O2/c15-7-16-12-10-4-2-1-3-8(10)9-5-6-13-14-11(9)12/h1-7,12H. The average molecular weight is 212 g/mol. The van der Waals surface area contributed by atoms with Gasteiger partial charge in [0.15, 0.2) is 6.10 Å². The van der Waals surface area contributed by atoms with Crippen LogP contribution in [-0.4, -0.2) is 16.7 Å². The Hall–Kier alpha value is -2.23. The van der Waals surface area contributed by atoms with Crippen LogP contribution in [0.3, 0.4) is 0 Å². The van der Waals surface area contributed by atoms with Gasteiger partial charge in [0, 0.05) is 11.1 Å². The van der Waals surface area contributed by atoms with Crippen molar-refractivity contribution in [3.05, 3.63) is 47.8 Å². The summed E-state index contributed by atoms with van der Waals surface area (Å²) < 4.78 is 5.07. The molecule has 0 spiro atoms. The minimum atomic E-state index is -0.419. The van der Waals surface area contributed by atoms with Gasteiger partial charge in [-0.15, -0.1) is 0 Å². The third kappa shape index (κ3) is 1.13. The van der Waals surface area contributed by atoms with E-state index in [9.17, 15) is 4.79 Å². The smallest absolute Gasteiger partial charge is 0.294 e. The number of aromatic nitrogens is 2. The second kappa shape index (κ2) is 3.41. The molecule has 0 amide bonds. The zero-order valence-corrected chi connectivity index (χ0v) is 8.33. The Bertz CT molecular complexity index is 509. The fourth-order valence-electron chi connectivity index (χ4n) is 2.08. The van der Waals surface area contributed by atoms with E-state index >= 15 is 0 Å². The van der Waals surface area contributed by atoms with E-state index in [2.05, 4.69) is 10.2 Å². The van der Waals surface area contributed by atoms with Crippen LogP contribution in [0.5, 0.6) is 0 Å². The number of carbonyl (C=O) groups excluding carboxylic acids is 1. The lowest BCUT2D eigenvalue weighted by Crippen LogP contribution is -2.03. The summed E-state index contributed by atoms with van der Waals surface area (Å²) in [7, 11) is 0. The maximum atomic E-state index is 10.5. The minimum absolute atomic E-state index is 0.419. The molecule has 0 saturated heterocycles. The molecular formula is C12H8N2O2. The van der Waals surface area contributed by atoms with Crippen molar-refractivity contribution in [3.8, 4) is 11.1 Å². The number of hydrogen-bond donors (Lipinski definition) is 0. The summed E-state index contributed by atoms with van der Waals surface area (Å²) in [5, 5.41) is 7.87. The molecule has 2 aromatic rings. The predicted octanol–water partition coefficient (Wildman–Crippen LogP) is 1.72. The van der Waals surface area contributed by atoms with Gasteiger partial charge in [0.25, 0.3) is 6.47 Å². The Balaban J connectivity index is 2.25. The van der Waals surface area contributed by atoms with Crippen molar-refractivity contribution in [2.45, 2.75) is 6.10 Å². The average Bonchev–Trinajstić information content (AvgIpc) is 2.66. The highest BCUT2D eigenvalue weighted by molar-refractivity contribution is 5.76. The van der Waals surface area contributed by atoms with E-state index in [0.717, 1.165) is 16.7 Å². The number of benzene rings is 1. The van der Waals surface area contributed by atoms with Crippen molar-refractivity contribution in [3.63, 3.8) is 0 Å². The van der Waals surface area contributed by atoms with Crippen LogP contribution >= 0.6 is 0 Å². The van der Waals surface area contributed by atoms with E-state index in [4.69, 9.17) is 4.74 Å². The number of hydrogen-bond acceptors (Lipinski definition) is 4. The first-order valence-corrected chi connectivity index (χ1v) is 4.92. The van der Waals surface area contributed by atoms with Crippen LogP contribution in [0.4, 0.5) is 0 Å². The van der Waals surface area contributed by atoms with Crippen molar-refractivity contribution in [2.75, 3.05) is 0 Å². The maximum Gasteiger partial charge on any atom is 0.294 e. The van der Waals surface area contributed by atoms with Gasteiger partial charge in [-0.05, 0) is 11.6 Å². The molecule has 0 radical (unpaired) electrons. The molecule has 1 heterocycles. The van der Waals surface area contributed by atoms with Crippen molar-refractivity contribution in [2.24, 2.45) is 0 Å². The van der Waals surface area contributed by atoms with Gasteiger partial charge in [-0.3, -0.25) is 4.79 Å². The number of rotatable bonds is 2. The highest BCUT2D eigenvalue weighted by atomic mass is 16.5. The van der Waals surface area contributed by atoms with Crippen molar-refractivity contribution < 1.29 is 9.53 Å². The normalized spacial score (nSPS) is 16.4. The summed E-state index contributed by atoms with van der Waals surface area (Å²) >= 11 is 0. The number of fused-ring (bicyclic) bond motifs is 3. The molecule has 1 unspecified atom stereocenters. The fourth-order valence-corrected chi connectivity index (χ4v) is 2.08. The molecule has 0 fully saturated rings. The Morgan fingerprint density at radius 2 is 2.06 bits per heavy atom. The summed E-state index contributed by atoms with van der Waals surface area (Å²) in [5.74, 6) is 0. The van der Waals surface area contributed by atoms with Gasteiger partial charge in [-0.2, -0.15) is 10.2 Å². The topological polar surface area (TPSA) is 52.1 Å². The van der Waals surface area contributed by atoms with Crippen LogP contribution in [0.15, 0.2) is 36.5 Å². The molecule has 3 rings (SSSR count). The van der Waals surface area contributed by atoms with Crippen LogP contribution < -0.4 is 0 Å². The maximum absolute atomic E-state index is 10.5. The lowest BCUT2D eigenvalue weighted by Gasteiger charge is -2.08. The first-order valence-electron chi connectivity index (χ1n) is 4.92. The monoisotopic (exact) mass is 212 g/mol. The summed E-state index contributed by atoms with van der Waals surface area (Å²) in [6.07, 6.45) is 1.22. The SMILES string of the molecule is O=COC1c2ccccc2-c2ccnnc21. The molecule has 0 bridgehead atoms. The largest absolute Gasteiger partial charge is 0.453 e. The van der Waals surface area contributed by atoms with Gasteiger partial charge in [0.1, 0.15) is 5.69 Å². The lowest BCUT2D eigenvalue weighted by molar-refractivity contribution is -0.132. The quantitative estimate of drug-likeness (QED) is 0.711. The second-order valence-electron chi connectivity index (χ2n) is 3.53. The molecule has 78 valence electrons. The Morgan fingerprint density at radius 1 is 1.19 bits per heavy atom. The first kappa shape index (κ1) is 9.03. The van der Waals surface area contributed by atoms with Gasteiger partial charge < -0.3 is 4.74 Å². The second-order valence-corrected chi connectivity index (χ2v) is 3.53. The molecule has 0 aliphatic heterocycles. The van der Waals surface area contributed by atoms with Crippen LogP contribution in [0.2, 0.25) is 0 Å². The van der Waals surface area contributed by atoms with E-state index < -0.39 is 6.10 Å². The molecule has 0 N–H and O–H groups in total.